The molecule has 0 unspecified atom stereocenters. The first kappa shape index (κ1) is 20.2. The van der Waals surface area contributed by atoms with Crippen molar-refractivity contribution in [3.05, 3.63) is 60.2 Å². The van der Waals surface area contributed by atoms with Gasteiger partial charge in [0.15, 0.2) is 11.5 Å². The number of nitriles is 1. The first-order valence-electron chi connectivity index (χ1n) is 10.3. The van der Waals surface area contributed by atoms with Crippen molar-refractivity contribution in [2.24, 2.45) is 0 Å². The predicted octanol–water partition coefficient (Wildman–Crippen LogP) is 5.19. The first-order chi connectivity index (χ1) is 13.8. The average Bonchev–Trinajstić information content (AvgIpc) is 2.74. The molecule has 148 valence electrons. The SMILES string of the molecule is CCOc1ccccc1O[C@@H]1CCCC[C@H]1N(CCC#N)Cc1ccccc1. The van der Waals surface area contributed by atoms with Crippen LogP contribution in [0.5, 0.6) is 11.5 Å². The summed E-state index contributed by atoms with van der Waals surface area (Å²) in [6.07, 6.45) is 5.15. The van der Waals surface area contributed by atoms with Crippen LogP contribution in [0.15, 0.2) is 54.6 Å². The second-order valence-electron chi connectivity index (χ2n) is 7.25. The van der Waals surface area contributed by atoms with Gasteiger partial charge >= 0.3 is 0 Å². The highest BCUT2D eigenvalue weighted by atomic mass is 16.5. The molecule has 0 bridgehead atoms. The molecule has 1 saturated carbocycles. The lowest BCUT2D eigenvalue weighted by Gasteiger charge is -2.40. The number of para-hydroxylation sites is 2. The normalized spacial score (nSPS) is 19.2. The van der Waals surface area contributed by atoms with Crippen molar-refractivity contribution < 1.29 is 9.47 Å². The Hall–Kier alpha value is -2.51. The zero-order valence-electron chi connectivity index (χ0n) is 16.7. The molecule has 0 saturated heterocycles. The van der Waals surface area contributed by atoms with Crippen LogP contribution < -0.4 is 9.47 Å². The Morgan fingerprint density at radius 3 is 2.46 bits per heavy atom. The molecule has 0 amide bonds. The summed E-state index contributed by atoms with van der Waals surface area (Å²) in [7, 11) is 0. The van der Waals surface area contributed by atoms with E-state index in [2.05, 4.69) is 35.2 Å². The molecule has 3 rings (SSSR count). The Balaban J connectivity index is 1.78. The molecule has 0 aliphatic heterocycles. The van der Waals surface area contributed by atoms with Crippen LogP contribution >= 0.6 is 0 Å². The molecule has 2 aromatic carbocycles. The van der Waals surface area contributed by atoms with Gasteiger partial charge in [0, 0.05) is 25.6 Å². The Bertz CT molecular complexity index is 757. The van der Waals surface area contributed by atoms with Gasteiger partial charge in [0.05, 0.1) is 12.7 Å². The molecule has 2 atom stereocenters. The molecule has 1 aliphatic carbocycles. The molecule has 0 aromatic heterocycles. The van der Waals surface area contributed by atoms with Crippen LogP contribution in [0.2, 0.25) is 0 Å². The number of hydrogen-bond acceptors (Lipinski definition) is 4. The third-order valence-electron chi connectivity index (χ3n) is 5.30. The topological polar surface area (TPSA) is 45.5 Å². The fourth-order valence-corrected chi connectivity index (χ4v) is 3.99. The molecule has 1 aliphatic rings. The minimum Gasteiger partial charge on any atom is -0.490 e. The van der Waals surface area contributed by atoms with Gasteiger partial charge in [-0.2, -0.15) is 5.26 Å². The van der Waals surface area contributed by atoms with Gasteiger partial charge < -0.3 is 9.47 Å². The van der Waals surface area contributed by atoms with Crippen LogP contribution in [0.25, 0.3) is 0 Å². The number of benzene rings is 2. The fraction of sp³-hybridized carbons (Fsp3) is 0.458. The zero-order chi connectivity index (χ0) is 19.6. The summed E-state index contributed by atoms with van der Waals surface area (Å²) in [5, 5.41) is 9.15. The van der Waals surface area contributed by atoms with Gasteiger partial charge in [0.25, 0.3) is 0 Å². The first-order valence-corrected chi connectivity index (χ1v) is 10.3. The summed E-state index contributed by atoms with van der Waals surface area (Å²) >= 11 is 0. The standard InChI is InChI=1S/C24H30N2O2/c1-2-27-23-15-8-9-16-24(23)28-22-14-7-6-13-21(22)26(18-10-17-25)19-20-11-4-3-5-12-20/h3-5,8-9,11-12,15-16,21-22H,2,6-7,10,13-14,18-19H2,1H3/t21-,22-/m1/s1. The van der Waals surface area contributed by atoms with E-state index >= 15 is 0 Å². The summed E-state index contributed by atoms with van der Waals surface area (Å²) in [4.78, 5) is 2.44. The quantitative estimate of drug-likeness (QED) is 0.602. The van der Waals surface area contributed by atoms with E-state index in [1.807, 2.05) is 37.3 Å². The molecule has 4 nitrogen and oxygen atoms in total. The molecular formula is C24H30N2O2. The van der Waals surface area contributed by atoms with E-state index in [9.17, 15) is 0 Å². The molecule has 4 heteroatoms. The van der Waals surface area contributed by atoms with E-state index in [1.165, 1.54) is 18.4 Å². The maximum Gasteiger partial charge on any atom is 0.161 e. The van der Waals surface area contributed by atoms with Crippen molar-refractivity contribution in [3.63, 3.8) is 0 Å². The molecule has 1 fully saturated rings. The fourth-order valence-electron chi connectivity index (χ4n) is 3.99. The summed E-state index contributed by atoms with van der Waals surface area (Å²) in [6, 6.07) is 21.0. The second-order valence-corrected chi connectivity index (χ2v) is 7.25. The molecule has 0 heterocycles. The minimum absolute atomic E-state index is 0.109. The van der Waals surface area contributed by atoms with E-state index in [1.54, 1.807) is 0 Å². The number of rotatable bonds is 9. The van der Waals surface area contributed by atoms with Gasteiger partial charge in [-0.25, -0.2) is 0 Å². The van der Waals surface area contributed by atoms with Gasteiger partial charge in [0.1, 0.15) is 6.10 Å². The third-order valence-corrected chi connectivity index (χ3v) is 5.30. The van der Waals surface area contributed by atoms with Crippen molar-refractivity contribution in [1.82, 2.24) is 4.90 Å². The van der Waals surface area contributed by atoms with Gasteiger partial charge in [-0.3, -0.25) is 4.90 Å². The largest absolute Gasteiger partial charge is 0.490 e. The van der Waals surface area contributed by atoms with Crippen LogP contribution in [0.4, 0.5) is 0 Å². The number of hydrogen-bond donors (Lipinski definition) is 0. The van der Waals surface area contributed by atoms with E-state index in [4.69, 9.17) is 14.7 Å². The Kier molecular flexibility index (Phi) is 7.75. The van der Waals surface area contributed by atoms with Gasteiger partial charge in [0.2, 0.25) is 0 Å². The summed E-state index contributed by atoms with van der Waals surface area (Å²) < 4.78 is 12.3. The molecule has 2 aromatic rings. The predicted molar refractivity (Wildman–Crippen MR) is 111 cm³/mol. The summed E-state index contributed by atoms with van der Waals surface area (Å²) in [6.45, 7) is 4.23. The molecule has 0 N–H and O–H groups in total. The molecule has 28 heavy (non-hydrogen) atoms. The molecule has 0 radical (unpaired) electrons. The van der Waals surface area contributed by atoms with Crippen molar-refractivity contribution in [2.75, 3.05) is 13.2 Å². The van der Waals surface area contributed by atoms with Gasteiger partial charge in [-0.05, 0) is 43.9 Å². The minimum atomic E-state index is 0.109. The smallest absolute Gasteiger partial charge is 0.161 e. The van der Waals surface area contributed by atoms with Crippen LogP contribution in [0.1, 0.15) is 44.6 Å². The number of nitrogens with zero attached hydrogens (tertiary/aromatic N) is 2. The van der Waals surface area contributed by atoms with Gasteiger partial charge in [-0.1, -0.05) is 48.9 Å². The maximum atomic E-state index is 9.15. The van der Waals surface area contributed by atoms with Crippen LogP contribution in [-0.2, 0) is 6.54 Å². The Labute approximate surface area is 168 Å². The van der Waals surface area contributed by atoms with Crippen molar-refractivity contribution in [1.29, 1.82) is 5.26 Å². The van der Waals surface area contributed by atoms with E-state index in [0.29, 0.717) is 19.1 Å². The lowest BCUT2D eigenvalue weighted by Crippen LogP contribution is -2.48. The Morgan fingerprint density at radius 2 is 1.71 bits per heavy atom. The number of ether oxygens (including phenoxy) is 2. The summed E-state index contributed by atoms with van der Waals surface area (Å²) in [5.74, 6) is 1.63. The lowest BCUT2D eigenvalue weighted by atomic mass is 9.90. The summed E-state index contributed by atoms with van der Waals surface area (Å²) in [5.41, 5.74) is 1.28. The zero-order valence-corrected chi connectivity index (χ0v) is 16.7. The third kappa shape index (κ3) is 5.50. The van der Waals surface area contributed by atoms with Crippen LogP contribution in [0, 0.1) is 11.3 Å². The Morgan fingerprint density at radius 1 is 1.00 bits per heavy atom. The van der Waals surface area contributed by atoms with Crippen LogP contribution in [-0.4, -0.2) is 30.2 Å². The average molecular weight is 379 g/mol. The maximum absolute atomic E-state index is 9.15. The monoisotopic (exact) mass is 378 g/mol. The van der Waals surface area contributed by atoms with Gasteiger partial charge in [-0.15, -0.1) is 0 Å². The molecular weight excluding hydrogens is 348 g/mol. The highest BCUT2D eigenvalue weighted by Crippen LogP contribution is 2.33. The highest BCUT2D eigenvalue weighted by Gasteiger charge is 2.32. The van der Waals surface area contributed by atoms with E-state index in [-0.39, 0.29) is 6.10 Å². The second kappa shape index (κ2) is 10.7. The van der Waals surface area contributed by atoms with E-state index < -0.39 is 0 Å². The van der Waals surface area contributed by atoms with Crippen molar-refractivity contribution >= 4 is 0 Å². The lowest BCUT2D eigenvalue weighted by molar-refractivity contribution is 0.0306. The van der Waals surface area contributed by atoms with Crippen molar-refractivity contribution in [2.45, 2.75) is 57.7 Å². The van der Waals surface area contributed by atoms with Crippen molar-refractivity contribution in [3.8, 4) is 17.6 Å². The van der Waals surface area contributed by atoms with E-state index in [0.717, 1.165) is 37.4 Å². The van der Waals surface area contributed by atoms with Crippen LogP contribution in [0.3, 0.4) is 0 Å². The highest BCUT2D eigenvalue weighted by molar-refractivity contribution is 5.39. The molecule has 0 spiro atoms.